The second-order valence-corrected chi connectivity index (χ2v) is 10.9. The molecule has 0 saturated carbocycles. The molecule has 7 heteroatoms. The zero-order valence-electron chi connectivity index (χ0n) is 17.6. The van der Waals surface area contributed by atoms with Crippen molar-refractivity contribution in [1.29, 1.82) is 0 Å². The van der Waals surface area contributed by atoms with Crippen LogP contribution in [0, 0.1) is 0 Å². The van der Waals surface area contributed by atoms with E-state index in [1.807, 2.05) is 47.8 Å². The molecule has 1 N–H and O–H groups in total. The van der Waals surface area contributed by atoms with E-state index in [4.69, 9.17) is 0 Å². The average molecular weight is 463 g/mol. The number of nitrogens with zero attached hydrogens (tertiary/aromatic N) is 1. The van der Waals surface area contributed by atoms with Gasteiger partial charge in [-0.1, -0.05) is 60.7 Å². The zero-order valence-corrected chi connectivity index (χ0v) is 19.3. The van der Waals surface area contributed by atoms with E-state index in [2.05, 4.69) is 22.4 Å². The van der Waals surface area contributed by atoms with Crippen LogP contribution in [0.4, 0.5) is 5.13 Å². The number of benzene rings is 3. The maximum atomic E-state index is 12.7. The molecule has 0 aliphatic heterocycles. The first-order valence-corrected chi connectivity index (χ1v) is 12.5. The van der Waals surface area contributed by atoms with E-state index in [-0.39, 0.29) is 10.5 Å². The second kappa shape index (κ2) is 9.06. The molecule has 32 heavy (non-hydrogen) atoms. The minimum Gasteiger partial charge on any atom is -0.298 e. The Labute approximate surface area is 191 Å². The van der Waals surface area contributed by atoms with Crippen LogP contribution in [0.5, 0.6) is 0 Å². The number of carbonyl (C=O) groups is 1. The molecule has 0 aliphatic rings. The van der Waals surface area contributed by atoms with Crippen molar-refractivity contribution >= 4 is 32.2 Å². The standard InChI is InChI=1S/C25H22N2O3S2/c1-17(2)32(29,30)22-10-6-9-21(15-22)24(28)27-25-26-23(16-31-25)20-13-11-19(12-14-20)18-7-4-3-5-8-18/h3-17H,1-2H3,(H,26,27,28). The van der Waals surface area contributed by atoms with Gasteiger partial charge in [0.2, 0.25) is 0 Å². The number of aromatic nitrogens is 1. The first-order chi connectivity index (χ1) is 15.3. The normalized spacial score (nSPS) is 11.5. The fourth-order valence-corrected chi connectivity index (χ4v) is 5.00. The Kier molecular flexibility index (Phi) is 6.21. The quantitative estimate of drug-likeness (QED) is 0.386. The summed E-state index contributed by atoms with van der Waals surface area (Å²) in [4.78, 5) is 17.3. The van der Waals surface area contributed by atoms with Crippen molar-refractivity contribution in [2.24, 2.45) is 0 Å². The van der Waals surface area contributed by atoms with Crippen molar-refractivity contribution in [3.8, 4) is 22.4 Å². The molecule has 5 nitrogen and oxygen atoms in total. The lowest BCUT2D eigenvalue weighted by atomic mass is 10.0. The Morgan fingerprint density at radius 2 is 1.53 bits per heavy atom. The summed E-state index contributed by atoms with van der Waals surface area (Å²) in [5.74, 6) is -0.397. The topological polar surface area (TPSA) is 76.1 Å². The number of anilines is 1. The fourth-order valence-electron chi connectivity index (χ4n) is 3.18. The van der Waals surface area contributed by atoms with Crippen molar-refractivity contribution < 1.29 is 13.2 Å². The molecule has 0 bridgehead atoms. The van der Waals surface area contributed by atoms with Gasteiger partial charge in [0.25, 0.3) is 5.91 Å². The first kappa shape index (κ1) is 21.9. The summed E-state index contributed by atoms with van der Waals surface area (Å²) < 4.78 is 24.8. The van der Waals surface area contributed by atoms with Gasteiger partial charge in [0, 0.05) is 16.5 Å². The lowest BCUT2D eigenvalue weighted by Crippen LogP contribution is -2.16. The van der Waals surface area contributed by atoms with Crippen LogP contribution in [0.1, 0.15) is 24.2 Å². The van der Waals surface area contributed by atoms with Crippen molar-refractivity contribution in [2.75, 3.05) is 5.32 Å². The van der Waals surface area contributed by atoms with Gasteiger partial charge >= 0.3 is 0 Å². The zero-order chi connectivity index (χ0) is 22.7. The number of carbonyl (C=O) groups excluding carboxylic acids is 1. The van der Waals surface area contributed by atoms with Crippen LogP contribution in [0.15, 0.2) is 89.1 Å². The highest BCUT2D eigenvalue weighted by atomic mass is 32.2. The van der Waals surface area contributed by atoms with Gasteiger partial charge in [0.1, 0.15) is 0 Å². The van der Waals surface area contributed by atoms with Crippen molar-refractivity contribution in [2.45, 2.75) is 24.0 Å². The highest BCUT2D eigenvalue weighted by Crippen LogP contribution is 2.28. The molecule has 3 aromatic carbocycles. The lowest BCUT2D eigenvalue weighted by molar-refractivity contribution is 0.102. The minimum absolute atomic E-state index is 0.137. The van der Waals surface area contributed by atoms with E-state index in [0.717, 1.165) is 22.4 Å². The molecule has 1 heterocycles. The summed E-state index contributed by atoms with van der Waals surface area (Å²) in [6, 6.07) is 24.3. The van der Waals surface area contributed by atoms with Crippen LogP contribution in [0.2, 0.25) is 0 Å². The summed E-state index contributed by atoms with van der Waals surface area (Å²) in [5.41, 5.74) is 4.25. The third kappa shape index (κ3) is 4.64. The number of thiazole rings is 1. The van der Waals surface area contributed by atoms with E-state index in [0.29, 0.717) is 5.13 Å². The molecule has 0 atom stereocenters. The molecule has 0 saturated heterocycles. The highest BCUT2D eigenvalue weighted by molar-refractivity contribution is 7.92. The largest absolute Gasteiger partial charge is 0.298 e. The van der Waals surface area contributed by atoms with Crippen LogP contribution in [0.25, 0.3) is 22.4 Å². The van der Waals surface area contributed by atoms with Gasteiger partial charge in [-0.25, -0.2) is 13.4 Å². The molecule has 0 radical (unpaired) electrons. The molecule has 1 amide bonds. The van der Waals surface area contributed by atoms with Gasteiger partial charge in [-0.3, -0.25) is 10.1 Å². The number of hydrogen-bond acceptors (Lipinski definition) is 5. The summed E-state index contributed by atoms with van der Waals surface area (Å²) >= 11 is 1.32. The molecule has 4 aromatic rings. The summed E-state index contributed by atoms with van der Waals surface area (Å²) in [6.45, 7) is 3.23. The molecular formula is C25H22N2O3S2. The van der Waals surface area contributed by atoms with E-state index >= 15 is 0 Å². The summed E-state index contributed by atoms with van der Waals surface area (Å²) in [5, 5.41) is 4.54. The van der Waals surface area contributed by atoms with E-state index in [1.165, 1.54) is 23.5 Å². The van der Waals surface area contributed by atoms with Gasteiger partial charge < -0.3 is 0 Å². The van der Waals surface area contributed by atoms with Crippen LogP contribution in [0.3, 0.4) is 0 Å². The van der Waals surface area contributed by atoms with Crippen LogP contribution < -0.4 is 5.32 Å². The molecule has 162 valence electrons. The summed E-state index contributed by atoms with van der Waals surface area (Å²) in [7, 11) is -3.45. The van der Waals surface area contributed by atoms with Gasteiger partial charge in [-0.2, -0.15) is 0 Å². The molecular weight excluding hydrogens is 440 g/mol. The third-order valence-electron chi connectivity index (χ3n) is 5.06. The van der Waals surface area contributed by atoms with E-state index < -0.39 is 21.0 Å². The van der Waals surface area contributed by atoms with Gasteiger partial charge in [0.15, 0.2) is 15.0 Å². The SMILES string of the molecule is CC(C)S(=O)(=O)c1cccc(C(=O)Nc2nc(-c3ccc(-c4ccccc4)cc3)cs2)c1. The minimum atomic E-state index is -3.45. The fraction of sp³-hybridized carbons (Fsp3) is 0.120. The molecule has 0 fully saturated rings. The number of hydrogen-bond donors (Lipinski definition) is 1. The maximum Gasteiger partial charge on any atom is 0.257 e. The van der Waals surface area contributed by atoms with Crippen molar-refractivity contribution in [1.82, 2.24) is 4.98 Å². The van der Waals surface area contributed by atoms with Crippen LogP contribution in [-0.4, -0.2) is 24.6 Å². The van der Waals surface area contributed by atoms with Crippen LogP contribution >= 0.6 is 11.3 Å². The first-order valence-electron chi connectivity index (χ1n) is 10.1. The van der Waals surface area contributed by atoms with Crippen molar-refractivity contribution in [3.05, 3.63) is 89.8 Å². The molecule has 1 aromatic heterocycles. The Morgan fingerprint density at radius 3 is 2.22 bits per heavy atom. The Bertz CT molecular complexity index is 1340. The van der Waals surface area contributed by atoms with E-state index in [1.54, 1.807) is 26.0 Å². The smallest absolute Gasteiger partial charge is 0.257 e. The lowest BCUT2D eigenvalue weighted by Gasteiger charge is -2.09. The van der Waals surface area contributed by atoms with Gasteiger partial charge in [0.05, 0.1) is 15.8 Å². The summed E-state index contributed by atoms with van der Waals surface area (Å²) in [6.07, 6.45) is 0. The Balaban J connectivity index is 1.50. The van der Waals surface area contributed by atoms with Crippen molar-refractivity contribution in [3.63, 3.8) is 0 Å². The predicted octanol–water partition coefficient (Wildman–Crippen LogP) is 5.91. The number of rotatable bonds is 6. The number of sulfone groups is 1. The maximum absolute atomic E-state index is 12.7. The highest BCUT2D eigenvalue weighted by Gasteiger charge is 2.20. The monoisotopic (exact) mass is 462 g/mol. The second-order valence-electron chi connectivity index (χ2n) is 7.56. The Hall–Kier alpha value is -3.29. The molecule has 0 spiro atoms. The molecule has 4 rings (SSSR count). The van der Waals surface area contributed by atoms with Crippen LogP contribution in [-0.2, 0) is 9.84 Å². The predicted molar refractivity (Wildman–Crippen MR) is 130 cm³/mol. The van der Waals surface area contributed by atoms with Gasteiger partial charge in [-0.05, 0) is 43.2 Å². The Morgan fingerprint density at radius 1 is 0.875 bits per heavy atom. The number of amides is 1. The molecule has 0 unspecified atom stereocenters. The third-order valence-corrected chi connectivity index (χ3v) is 7.97. The molecule has 0 aliphatic carbocycles. The van der Waals surface area contributed by atoms with Gasteiger partial charge in [-0.15, -0.1) is 11.3 Å². The van der Waals surface area contributed by atoms with E-state index in [9.17, 15) is 13.2 Å². The average Bonchev–Trinajstić information content (AvgIpc) is 3.28. The number of nitrogens with one attached hydrogen (secondary N) is 1.